The summed E-state index contributed by atoms with van der Waals surface area (Å²) in [6, 6.07) is -2.81. The number of aliphatic hydroxyl groups excluding tert-OH is 1. The maximum Gasteiger partial charge on any atom is 0.160 e. The highest BCUT2D eigenvalue weighted by Crippen LogP contribution is 2.28. The molecular weight excluding hydrogens is 328 g/mol. The number of aliphatic hydroxyl groups is 1. The number of hydrogen-bond donors (Lipinski definition) is 1. The lowest BCUT2D eigenvalue weighted by Gasteiger charge is -2.13. The Kier molecular flexibility index (Phi) is 3.35. The highest BCUT2D eigenvalue weighted by Gasteiger charge is 2.07. The van der Waals surface area contributed by atoms with Crippen molar-refractivity contribution in [2.45, 2.75) is 45.6 Å². The molecule has 4 nitrogen and oxygen atoms in total. The molecule has 0 aliphatic heterocycles. The number of rotatable bonds is 10. The van der Waals surface area contributed by atoms with E-state index < -0.39 is 68.2 Å². The lowest BCUT2D eigenvalue weighted by atomic mass is 10.0. The van der Waals surface area contributed by atoms with Crippen LogP contribution in [-0.2, 0) is 6.42 Å². The first-order chi connectivity index (χ1) is 17.7. The fraction of sp³-hybridized carbons (Fsp3) is 0.455. The van der Waals surface area contributed by atoms with Gasteiger partial charge in [-0.1, -0.05) is 18.5 Å². The fourth-order valence-electron chi connectivity index (χ4n) is 2.01. The van der Waals surface area contributed by atoms with E-state index in [0.717, 1.165) is 7.11 Å². The summed E-state index contributed by atoms with van der Waals surface area (Å²) in [7, 11) is -1.83. The molecule has 4 heteroatoms. The minimum atomic E-state index is -3.10. The van der Waals surface area contributed by atoms with Gasteiger partial charge in [-0.2, -0.15) is 0 Å². The Hall–Kier alpha value is -2.20. The van der Waals surface area contributed by atoms with E-state index in [-0.39, 0.29) is 41.8 Å². The second kappa shape index (κ2) is 10.1. The van der Waals surface area contributed by atoms with E-state index in [4.69, 9.17) is 32.0 Å². The molecule has 0 aliphatic carbocycles. The molecule has 1 N–H and O–H groups in total. The van der Waals surface area contributed by atoms with Crippen LogP contribution < -0.4 is 14.2 Å². The van der Waals surface area contributed by atoms with Gasteiger partial charge in [-0.3, -0.25) is 0 Å². The van der Waals surface area contributed by atoms with E-state index >= 15 is 0 Å². The molecule has 2 aromatic rings. The summed E-state index contributed by atoms with van der Waals surface area (Å²) in [4.78, 5) is 0. The summed E-state index contributed by atoms with van der Waals surface area (Å²) in [5.41, 5.74) is 0.549. The van der Waals surface area contributed by atoms with Crippen molar-refractivity contribution in [3.63, 3.8) is 0 Å². The van der Waals surface area contributed by atoms with Crippen molar-refractivity contribution < 1.29 is 37.1 Å². The highest BCUT2D eigenvalue weighted by atomic mass is 16.5. The largest absolute Gasteiger partial charge is 0.493 e. The molecule has 0 bridgehead atoms. The second-order valence-corrected chi connectivity index (χ2v) is 5.45. The molecule has 0 spiro atoms. The summed E-state index contributed by atoms with van der Waals surface area (Å²) >= 11 is 0. The van der Waals surface area contributed by atoms with Gasteiger partial charge >= 0.3 is 0 Å². The van der Waals surface area contributed by atoms with Crippen LogP contribution in [0.3, 0.4) is 0 Å². The Labute approximate surface area is 175 Å². The average molecular weight is 372 g/mol. The Morgan fingerprint density at radius 1 is 1.08 bits per heavy atom. The number of ether oxygens (including phenoxy) is 3. The van der Waals surface area contributed by atoms with Crippen molar-refractivity contribution >= 4 is 0 Å². The topological polar surface area (TPSA) is 47.9 Å². The van der Waals surface area contributed by atoms with Crippen molar-refractivity contribution in [2.24, 2.45) is 0 Å². The summed E-state index contributed by atoms with van der Waals surface area (Å²) in [6.07, 6.45) is -5.82. The Morgan fingerprint density at radius 3 is 2.69 bits per heavy atom. The number of benzene rings is 2. The van der Waals surface area contributed by atoms with Crippen LogP contribution in [-0.4, -0.2) is 31.9 Å². The second-order valence-electron chi connectivity index (χ2n) is 5.45. The van der Waals surface area contributed by atoms with Crippen LogP contribution in [0.25, 0.3) is 0 Å². The minimum absolute atomic E-state index is 0.0601. The van der Waals surface area contributed by atoms with Gasteiger partial charge in [-0.05, 0) is 73.9 Å². The van der Waals surface area contributed by atoms with Gasteiger partial charge in [0.25, 0.3) is 0 Å². The standard InChI is InChI=1S/C22H30O4/c1-16-9-11-20(13-17(16)2)26-15-19(23)8-6-5-7-18-10-12-21(24-3)22(14-18)25-4/h9-14,19,23H,5-8,15H2,1-4H3/i3D3,8D2,9D,10D,11D,12D,13D,14D,15D2. The molecule has 26 heavy (non-hydrogen) atoms. The Bertz CT molecular complexity index is 1200. The molecule has 0 aromatic heterocycles. The van der Waals surface area contributed by atoms with E-state index in [9.17, 15) is 5.11 Å². The van der Waals surface area contributed by atoms with Crippen molar-refractivity contribution in [3.05, 3.63) is 52.9 Å². The number of hydrogen-bond acceptors (Lipinski definition) is 4. The van der Waals surface area contributed by atoms with Crippen LogP contribution in [0.4, 0.5) is 0 Å². The van der Waals surface area contributed by atoms with Gasteiger partial charge in [-0.25, -0.2) is 0 Å². The zero-order valence-electron chi connectivity index (χ0n) is 27.9. The van der Waals surface area contributed by atoms with Crippen LogP contribution in [0.15, 0.2) is 36.3 Å². The van der Waals surface area contributed by atoms with E-state index in [2.05, 4.69) is 0 Å². The third-order valence-electron chi connectivity index (χ3n) is 3.54. The van der Waals surface area contributed by atoms with Gasteiger partial charge in [0.15, 0.2) is 11.5 Å². The van der Waals surface area contributed by atoms with Crippen LogP contribution in [0.5, 0.6) is 17.2 Å². The monoisotopic (exact) mass is 371 g/mol. The van der Waals surface area contributed by atoms with Gasteiger partial charge in [0.1, 0.15) is 12.3 Å². The zero-order chi connectivity index (χ0) is 30.2. The SMILES string of the molecule is [2H]c1c([2H])c(OC([2H])([2H])C(O)C([2H])([2H])CCCc2c([2H])c([2H])c(OC([2H])([2H])[2H])c(OC)c2[2H])c([2H])c(C)c1C. The molecule has 0 amide bonds. The summed E-state index contributed by atoms with van der Waals surface area (Å²) < 4.78 is 118. The first kappa shape index (κ1) is 8.66. The van der Waals surface area contributed by atoms with Gasteiger partial charge in [0, 0.05) is 2.74 Å². The molecule has 0 aliphatic rings. The van der Waals surface area contributed by atoms with Crippen molar-refractivity contribution in [1.29, 1.82) is 0 Å². The van der Waals surface area contributed by atoms with E-state index in [1.165, 1.54) is 13.8 Å². The zero-order valence-corrected chi connectivity index (χ0v) is 14.9. The lowest BCUT2D eigenvalue weighted by Crippen LogP contribution is -2.17. The molecule has 0 fully saturated rings. The maximum atomic E-state index is 10.6. The molecule has 0 saturated heterocycles. The van der Waals surface area contributed by atoms with E-state index in [0.29, 0.717) is 5.56 Å². The predicted octanol–water partition coefficient (Wildman–Crippen LogP) is 4.47. The van der Waals surface area contributed by atoms with Crippen molar-refractivity contribution in [3.8, 4) is 17.2 Å². The smallest absolute Gasteiger partial charge is 0.160 e. The Balaban J connectivity index is 2.27. The normalized spacial score (nSPS) is 20.7. The van der Waals surface area contributed by atoms with Gasteiger partial charge in [0.05, 0.1) is 35.3 Å². The Morgan fingerprint density at radius 2 is 1.92 bits per heavy atom. The highest BCUT2D eigenvalue weighted by molar-refractivity contribution is 5.42. The third kappa shape index (κ3) is 5.95. The lowest BCUT2D eigenvalue weighted by molar-refractivity contribution is 0.0976. The molecular formula is C22H30O4. The quantitative estimate of drug-likeness (QED) is 0.669. The van der Waals surface area contributed by atoms with Gasteiger partial charge < -0.3 is 19.3 Å². The molecule has 142 valence electrons. The van der Waals surface area contributed by atoms with Gasteiger partial charge in [-0.15, -0.1) is 0 Å². The molecule has 0 saturated carbocycles. The van der Waals surface area contributed by atoms with Crippen LogP contribution in [0, 0.1) is 13.8 Å². The van der Waals surface area contributed by atoms with Crippen LogP contribution >= 0.6 is 0 Å². The summed E-state index contributed by atoms with van der Waals surface area (Å²) in [5.74, 6) is -1.58. The molecule has 2 aromatic carbocycles. The predicted molar refractivity (Wildman–Crippen MR) is 105 cm³/mol. The minimum Gasteiger partial charge on any atom is -0.493 e. The van der Waals surface area contributed by atoms with E-state index in [1.54, 1.807) is 0 Å². The molecule has 0 radical (unpaired) electrons. The average Bonchev–Trinajstić information content (AvgIpc) is 2.83. The first-order valence-corrected chi connectivity index (χ1v) is 7.97. The van der Waals surface area contributed by atoms with Crippen LogP contribution in [0.1, 0.15) is 53.7 Å². The first-order valence-electron chi connectivity index (χ1n) is 14.5. The maximum absolute atomic E-state index is 10.6. The molecule has 0 heterocycles. The molecule has 1 atom stereocenters. The number of methoxy groups -OCH3 is 2. The van der Waals surface area contributed by atoms with Gasteiger partial charge in [0.2, 0.25) is 0 Å². The third-order valence-corrected chi connectivity index (χ3v) is 3.54. The summed E-state index contributed by atoms with van der Waals surface area (Å²) in [5, 5.41) is 10.6. The van der Waals surface area contributed by atoms with Crippen molar-refractivity contribution in [2.75, 3.05) is 20.7 Å². The molecule has 1 unspecified atom stereocenters. The van der Waals surface area contributed by atoms with Crippen molar-refractivity contribution in [1.82, 2.24) is 0 Å². The van der Waals surface area contributed by atoms with E-state index in [1.807, 2.05) is 0 Å². The van der Waals surface area contributed by atoms with Crippen LogP contribution in [0.2, 0.25) is 0 Å². The summed E-state index contributed by atoms with van der Waals surface area (Å²) in [6.45, 7) is -0.0822. The fourth-order valence-corrected chi connectivity index (χ4v) is 2.01. The molecule has 2 rings (SSSR count).